The van der Waals surface area contributed by atoms with E-state index in [4.69, 9.17) is 4.74 Å². The van der Waals surface area contributed by atoms with Crippen LogP contribution in [-0.2, 0) is 6.18 Å². The van der Waals surface area contributed by atoms with Gasteiger partial charge in [-0.1, -0.05) is 0 Å². The Bertz CT molecular complexity index is 973. The van der Waals surface area contributed by atoms with Gasteiger partial charge in [0.25, 0.3) is 0 Å². The Morgan fingerprint density at radius 1 is 1.15 bits per heavy atom. The molecule has 0 amide bonds. The number of nitrogens with zero attached hydrogens (tertiary/aromatic N) is 2. The second-order valence-electron chi connectivity index (χ2n) is 5.42. The lowest BCUT2D eigenvalue weighted by Gasteiger charge is -2.20. The summed E-state index contributed by atoms with van der Waals surface area (Å²) in [4.78, 5) is 33.0. The molecule has 0 fully saturated rings. The lowest BCUT2D eigenvalue weighted by Crippen LogP contribution is -2.26. The normalized spacial score (nSPS) is 14.3. The smallest absolute Gasteiger partial charge is 0.416 e. The largest absolute Gasteiger partial charge is 0.497 e. The molecule has 0 spiro atoms. The molecule has 0 unspecified atom stereocenters. The zero-order valence-electron chi connectivity index (χ0n) is 14.0. The minimum absolute atomic E-state index is 0.0123. The molecular formula is C17H12F3N3O3S. The summed E-state index contributed by atoms with van der Waals surface area (Å²) in [7, 11) is 1.23. The van der Waals surface area contributed by atoms with Gasteiger partial charge in [-0.15, -0.1) is 11.8 Å². The summed E-state index contributed by atoms with van der Waals surface area (Å²) in [5, 5.41) is 2.64. The number of carbonyl (C=O) groups excluding carboxylic acids is 2. The lowest BCUT2D eigenvalue weighted by molar-refractivity contribution is -0.137. The van der Waals surface area contributed by atoms with Crippen molar-refractivity contribution in [2.24, 2.45) is 0 Å². The van der Waals surface area contributed by atoms with Gasteiger partial charge in [0.2, 0.25) is 11.6 Å². The van der Waals surface area contributed by atoms with Crippen LogP contribution in [0.5, 0.6) is 5.75 Å². The number of anilines is 1. The molecule has 0 atom stereocenters. The number of nitrogens with one attached hydrogen (secondary N) is 1. The van der Waals surface area contributed by atoms with Crippen molar-refractivity contribution in [3.05, 3.63) is 58.1 Å². The number of hydrogen-bond acceptors (Lipinski definition) is 7. The van der Waals surface area contributed by atoms with Gasteiger partial charge in [0, 0.05) is 18.0 Å². The predicted molar refractivity (Wildman–Crippen MR) is 92.9 cm³/mol. The molecule has 0 radical (unpaired) electrons. The highest BCUT2D eigenvalue weighted by Crippen LogP contribution is 2.36. The molecule has 1 aromatic heterocycles. The van der Waals surface area contributed by atoms with Crippen LogP contribution >= 0.6 is 11.8 Å². The molecule has 0 aliphatic heterocycles. The molecule has 0 saturated carbocycles. The van der Waals surface area contributed by atoms with E-state index in [1.165, 1.54) is 19.4 Å². The number of allylic oxidation sites excluding steroid dienone is 2. The maximum atomic E-state index is 13.1. The molecule has 0 saturated heterocycles. The molecule has 1 aliphatic carbocycles. The quantitative estimate of drug-likeness (QED) is 0.848. The molecule has 2 aromatic rings. The van der Waals surface area contributed by atoms with Gasteiger partial charge in [-0.25, -0.2) is 9.97 Å². The maximum Gasteiger partial charge on any atom is 0.416 e. The van der Waals surface area contributed by atoms with Gasteiger partial charge < -0.3 is 10.1 Å². The number of benzene rings is 1. The topological polar surface area (TPSA) is 81.2 Å². The number of methoxy groups -OCH3 is 1. The number of Topliss-reactive ketones (excluding diaryl/α,β-unsaturated/α-hetero) is 2. The van der Waals surface area contributed by atoms with Crippen molar-refractivity contribution >= 4 is 29.0 Å². The van der Waals surface area contributed by atoms with E-state index in [-0.39, 0.29) is 33.3 Å². The van der Waals surface area contributed by atoms with Crippen LogP contribution in [0.15, 0.2) is 41.3 Å². The minimum Gasteiger partial charge on any atom is -0.497 e. The minimum atomic E-state index is -4.60. The number of ether oxygens (including phenoxy) is 1. The lowest BCUT2D eigenvalue weighted by atomic mass is 9.98. The molecular weight excluding hydrogens is 383 g/mol. The summed E-state index contributed by atoms with van der Waals surface area (Å²) in [5.74, 6) is -1.12. The fraction of sp³-hybridized carbons (Fsp3) is 0.176. The summed E-state index contributed by atoms with van der Waals surface area (Å²) in [5.41, 5.74) is -1.16. The zero-order valence-corrected chi connectivity index (χ0v) is 14.9. The van der Waals surface area contributed by atoms with Crippen LogP contribution in [-0.4, -0.2) is 34.9 Å². The van der Waals surface area contributed by atoms with E-state index < -0.39 is 23.3 Å². The summed E-state index contributed by atoms with van der Waals surface area (Å²) >= 11 is 1.00. The summed E-state index contributed by atoms with van der Waals surface area (Å²) in [6, 6.07) is 2.98. The van der Waals surface area contributed by atoms with Crippen molar-refractivity contribution in [1.82, 2.24) is 9.97 Å². The standard InChI is InChI=1S/C17H12F3N3O3S/c1-26-10-4-8(17(18,19)20)3-9(5-10)23-13-14(24)11-6-21-7-22-12(11)15(25)16(13)27-2/h3-7,23H,1-2H3. The van der Waals surface area contributed by atoms with Gasteiger partial charge in [-0.3, -0.25) is 9.59 Å². The average molecular weight is 395 g/mol. The van der Waals surface area contributed by atoms with Crippen molar-refractivity contribution in [3.63, 3.8) is 0 Å². The first-order chi connectivity index (χ1) is 12.8. The molecule has 140 valence electrons. The molecule has 6 nitrogen and oxygen atoms in total. The number of aromatic nitrogens is 2. The summed E-state index contributed by atoms with van der Waals surface area (Å²) < 4.78 is 44.2. The van der Waals surface area contributed by atoms with E-state index in [1.807, 2.05) is 0 Å². The predicted octanol–water partition coefficient (Wildman–Crippen LogP) is 3.57. The van der Waals surface area contributed by atoms with Crippen molar-refractivity contribution in [2.75, 3.05) is 18.7 Å². The van der Waals surface area contributed by atoms with Crippen LogP contribution in [0.1, 0.15) is 26.4 Å². The first-order valence-electron chi connectivity index (χ1n) is 7.47. The Kier molecular flexibility index (Phi) is 4.92. The molecule has 1 heterocycles. The Balaban J connectivity index is 2.09. The zero-order chi connectivity index (χ0) is 19.8. The van der Waals surface area contributed by atoms with Gasteiger partial charge in [0.15, 0.2) is 0 Å². The first-order valence-corrected chi connectivity index (χ1v) is 8.69. The number of fused-ring (bicyclic) bond motifs is 1. The average Bonchev–Trinajstić information content (AvgIpc) is 2.65. The van der Waals surface area contributed by atoms with Crippen molar-refractivity contribution in [1.29, 1.82) is 0 Å². The first kappa shape index (κ1) is 18.9. The molecule has 1 aromatic carbocycles. The van der Waals surface area contributed by atoms with Gasteiger partial charge in [-0.2, -0.15) is 13.2 Å². The molecule has 10 heteroatoms. The van der Waals surface area contributed by atoms with E-state index >= 15 is 0 Å². The van der Waals surface area contributed by atoms with E-state index in [0.717, 1.165) is 30.2 Å². The van der Waals surface area contributed by atoms with E-state index in [0.29, 0.717) is 0 Å². The van der Waals surface area contributed by atoms with Crippen LogP contribution in [0.4, 0.5) is 18.9 Å². The highest BCUT2D eigenvalue weighted by molar-refractivity contribution is 8.03. The highest BCUT2D eigenvalue weighted by Gasteiger charge is 2.35. The van der Waals surface area contributed by atoms with Gasteiger partial charge >= 0.3 is 6.18 Å². The number of carbonyl (C=O) groups is 2. The summed E-state index contributed by atoms with van der Waals surface area (Å²) in [6.45, 7) is 0. The van der Waals surface area contributed by atoms with Crippen LogP contribution in [0, 0.1) is 0 Å². The monoisotopic (exact) mass is 395 g/mol. The molecule has 1 N–H and O–H groups in total. The third-order valence-corrected chi connectivity index (χ3v) is 4.57. The van der Waals surface area contributed by atoms with Crippen LogP contribution < -0.4 is 10.1 Å². The van der Waals surface area contributed by atoms with E-state index in [1.54, 1.807) is 6.26 Å². The Morgan fingerprint density at radius 3 is 2.52 bits per heavy atom. The number of ketones is 2. The summed E-state index contributed by atoms with van der Waals surface area (Å²) in [6.07, 6.45) is -0.665. The fourth-order valence-electron chi connectivity index (χ4n) is 2.54. The Hall–Kier alpha value is -2.88. The van der Waals surface area contributed by atoms with Gasteiger partial charge in [0.05, 0.1) is 23.1 Å². The van der Waals surface area contributed by atoms with E-state index in [9.17, 15) is 22.8 Å². The molecule has 3 rings (SSSR count). The SMILES string of the molecule is COc1cc(NC2=C(SC)C(=O)c3ncncc3C2=O)cc(C(F)(F)F)c1. The fourth-order valence-corrected chi connectivity index (χ4v) is 3.17. The molecule has 0 bridgehead atoms. The van der Waals surface area contributed by atoms with Crippen LogP contribution in [0.25, 0.3) is 0 Å². The molecule has 27 heavy (non-hydrogen) atoms. The number of alkyl halides is 3. The van der Waals surface area contributed by atoms with Gasteiger partial charge in [0.1, 0.15) is 23.5 Å². The van der Waals surface area contributed by atoms with Crippen molar-refractivity contribution in [2.45, 2.75) is 6.18 Å². The number of hydrogen-bond donors (Lipinski definition) is 1. The second-order valence-corrected chi connectivity index (χ2v) is 6.24. The van der Waals surface area contributed by atoms with Crippen LogP contribution in [0.2, 0.25) is 0 Å². The third-order valence-electron chi connectivity index (χ3n) is 3.78. The Labute approximate surface area is 155 Å². The van der Waals surface area contributed by atoms with Crippen molar-refractivity contribution in [3.8, 4) is 5.75 Å². The highest BCUT2D eigenvalue weighted by atomic mass is 32.2. The van der Waals surface area contributed by atoms with Crippen molar-refractivity contribution < 1.29 is 27.5 Å². The van der Waals surface area contributed by atoms with Crippen LogP contribution in [0.3, 0.4) is 0 Å². The number of thioether (sulfide) groups is 1. The second kappa shape index (κ2) is 7.03. The third kappa shape index (κ3) is 3.52. The Morgan fingerprint density at radius 2 is 1.89 bits per heavy atom. The maximum absolute atomic E-state index is 13.1. The molecule has 1 aliphatic rings. The number of halogens is 3. The van der Waals surface area contributed by atoms with Gasteiger partial charge in [-0.05, 0) is 18.4 Å². The number of rotatable bonds is 4. The van der Waals surface area contributed by atoms with E-state index in [2.05, 4.69) is 15.3 Å².